The first-order valence-electron chi connectivity index (χ1n) is 4.45. The Kier molecular flexibility index (Phi) is 4.50. The third kappa shape index (κ3) is 4.06. The summed E-state index contributed by atoms with van der Waals surface area (Å²) in [4.78, 5) is 0. The summed E-state index contributed by atoms with van der Waals surface area (Å²) >= 11 is 0. The van der Waals surface area contributed by atoms with E-state index in [0.29, 0.717) is 19.8 Å². The van der Waals surface area contributed by atoms with Crippen LogP contribution in [0, 0.1) is 6.92 Å². The molecule has 2 heteroatoms. The standard InChI is InChI=1S/C11H16O2/c1-10-4-3-5-11(8-10)9-13-7-6-12-2/h3-5,8H,6-7,9H2,1-2H3. The number of aryl methyl sites for hydroxylation is 1. The highest BCUT2D eigenvalue weighted by molar-refractivity contribution is 5.21. The van der Waals surface area contributed by atoms with Crippen LogP contribution in [0.1, 0.15) is 11.1 Å². The highest BCUT2D eigenvalue weighted by Crippen LogP contribution is 2.04. The van der Waals surface area contributed by atoms with Crippen molar-refractivity contribution in [2.24, 2.45) is 0 Å². The summed E-state index contributed by atoms with van der Waals surface area (Å²) in [5, 5.41) is 0. The Morgan fingerprint density at radius 2 is 2.08 bits per heavy atom. The van der Waals surface area contributed by atoms with Crippen molar-refractivity contribution in [3.05, 3.63) is 35.4 Å². The Morgan fingerprint density at radius 1 is 1.23 bits per heavy atom. The number of rotatable bonds is 5. The second kappa shape index (κ2) is 5.73. The fourth-order valence-electron chi connectivity index (χ4n) is 1.13. The van der Waals surface area contributed by atoms with Crippen LogP contribution in [0.15, 0.2) is 24.3 Å². The van der Waals surface area contributed by atoms with Gasteiger partial charge in [-0.25, -0.2) is 0 Å². The number of ether oxygens (including phenoxy) is 2. The number of hydrogen-bond acceptors (Lipinski definition) is 2. The summed E-state index contributed by atoms with van der Waals surface area (Å²) in [7, 11) is 1.68. The Labute approximate surface area is 79.5 Å². The zero-order valence-corrected chi connectivity index (χ0v) is 8.25. The number of benzene rings is 1. The predicted octanol–water partition coefficient (Wildman–Crippen LogP) is 2.16. The lowest BCUT2D eigenvalue weighted by atomic mass is 10.1. The van der Waals surface area contributed by atoms with Gasteiger partial charge in [0.15, 0.2) is 0 Å². The molecular formula is C11H16O2. The molecule has 0 aliphatic heterocycles. The minimum absolute atomic E-state index is 0.657. The van der Waals surface area contributed by atoms with Gasteiger partial charge < -0.3 is 9.47 Å². The summed E-state index contributed by atoms with van der Waals surface area (Å²) < 4.78 is 10.3. The molecule has 1 aromatic rings. The van der Waals surface area contributed by atoms with Gasteiger partial charge in [0, 0.05) is 7.11 Å². The van der Waals surface area contributed by atoms with Crippen LogP contribution >= 0.6 is 0 Å². The molecule has 0 amide bonds. The molecule has 1 rings (SSSR count). The molecular weight excluding hydrogens is 164 g/mol. The van der Waals surface area contributed by atoms with Crippen molar-refractivity contribution in [1.82, 2.24) is 0 Å². The minimum atomic E-state index is 0.657. The summed E-state index contributed by atoms with van der Waals surface area (Å²) in [5.41, 5.74) is 2.49. The normalized spacial score (nSPS) is 10.3. The number of hydrogen-bond donors (Lipinski definition) is 0. The zero-order chi connectivity index (χ0) is 9.52. The molecule has 0 aliphatic rings. The first-order chi connectivity index (χ1) is 6.33. The Morgan fingerprint density at radius 3 is 2.77 bits per heavy atom. The van der Waals surface area contributed by atoms with Crippen LogP contribution in [0.3, 0.4) is 0 Å². The van der Waals surface area contributed by atoms with Crippen LogP contribution in [0.2, 0.25) is 0 Å². The molecule has 1 aromatic carbocycles. The van der Waals surface area contributed by atoms with Crippen LogP contribution in [0.4, 0.5) is 0 Å². The van der Waals surface area contributed by atoms with Gasteiger partial charge in [0.1, 0.15) is 0 Å². The highest BCUT2D eigenvalue weighted by Gasteiger charge is 1.92. The average Bonchev–Trinajstić information content (AvgIpc) is 2.13. The van der Waals surface area contributed by atoms with Gasteiger partial charge in [-0.2, -0.15) is 0 Å². The van der Waals surface area contributed by atoms with Crippen LogP contribution in [0.5, 0.6) is 0 Å². The molecule has 0 fully saturated rings. The van der Waals surface area contributed by atoms with E-state index < -0.39 is 0 Å². The van der Waals surface area contributed by atoms with Gasteiger partial charge in [-0.3, -0.25) is 0 Å². The van der Waals surface area contributed by atoms with E-state index in [1.54, 1.807) is 7.11 Å². The molecule has 0 radical (unpaired) electrons. The van der Waals surface area contributed by atoms with E-state index in [0.717, 1.165) is 0 Å². The SMILES string of the molecule is COCCOCc1cccc(C)c1. The lowest BCUT2D eigenvalue weighted by molar-refractivity contribution is 0.0616. The van der Waals surface area contributed by atoms with Crippen LogP contribution < -0.4 is 0 Å². The zero-order valence-electron chi connectivity index (χ0n) is 8.25. The fraction of sp³-hybridized carbons (Fsp3) is 0.455. The maximum Gasteiger partial charge on any atom is 0.0718 e. The summed E-state index contributed by atoms with van der Waals surface area (Å²) in [6.07, 6.45) is 0. The molecule has 2 nitrogen and oxygen atoms in total. The summed E-state index contributed by atoms with van der Waals surface area (Å²) in [6.45, 7) is 4.07. The number of methoxy groups -OCH3 is 1. The van der Waals surface area contributed by atoms with Gasteiger partial charge in [0.2, 0.25) is 0 Å². The molecule has 0 spiro atoms. The van der Waals surface area contributed by atoms with E-state index in [1.165, 1.54) is 11.1 Å². The Balaban J connectivity index is 2.28. The van der Waals surface area contributed by atoms with Crippen LogP contribution in [-0.2, 0) is 16.1 Å². The van der Waals surface area contributed by atoms with Gasteiger partial charge in [0.05, 0.1) is 19.8 Å². The second-order valence-electron chi connectivity index (χ2n) is 3.03. The van der Waals surface area contributed by atoms with Crippen molar-refractivity contribution in [3.8, 4) is 0 Å². The van der Waals surface area contributed by atoms with E-state index in [-0.39, 0.29) is 0 Å². The molecule has 0 unspecified atom stereocenters. The van der Waals surface area contributed by atoms with E-state index >= 15 is 0 Å². The van der Waals surface area contributed by atoms with E-state index in [4.69, 9.17) is 9.47 Å². The molecule has 0 heterocycles. The molecule has 0 saturated carbocycles. The maximum atomic E-state index is 5.39. The predicted molar refractivity (Wildman–Crippen MR) is 52.7 cm³/mol. The quantitative estimate of drug-likeness (QED) is 0.646. The fourth-order valence-corrected chi connectivity index (χ4v) is 1.13. The molecule has 72 valence electrons. The summed E-state index contributed by atoms with van der Waals surface area (Å²) in [6, 6.07) is 8.33. The third-order valence-corrected chi connectivity index (χ3v) is 1.78. The van der Waals surface area contributed by atoms with Crippen LogP contribution in [-0.4, -0.2) is 20.3 Å². The molecule has 13 heavy (non-hydrogen) atoms. The molecule has 0 N–H and O–H groups in total. The van der Waals surface area contributed by atoms with Gasteiger partial charge in [-0.05, 0) is 12.5 Å². The first-order valence-corrected chi connectivity index (χ1v) is 4.45. The van der Waals surface area contributed by atoms with Crippen molar-refractivity contribution in [1.29, 1.82) is 0 Å². The van der Waals surface area contributed by atoms with Gasteiger partial charge in [0.25, 0.3) is 0 Å². The lowest BCUT2D eigenvalue weighted by Gasteiger charge is -2.04. The minimum Gasteiger partial charge on any atom is -0.382 e. The largest absolute Gasteiger partial charge is 0.382 e. The molecule has 0 aromatic heterocycles. The molecule has 0 bridgehead atoms. The smallest absolute Gasteiger partial charge is 0.0718 e. The first kappa shape index (κ1) is 10.2. The molecule has 0 saturated heterocycles. The Hall–Kier alpha value is -0.860. The summed E-state index contributed by atoms with van der Waals surface area (Å²) in [5.74, 6) is 0. The van der Waals surface area contributed by atoms with Crippen molar-refractivity contribution >= 4 is 0 Å². The highest BCUT2D eigenvalue weighted by atomic mass is 16.5. The van der Waals surface area contributed by atoms with Crippen molar-refractivity contribution in [2.75, 3.05) is 20.3 Å². The average molecular weight is 180 g/mol. The van der Waals surface area contributed by atoms with Crippen molar-refractivity contribution in [2.45, 2.75) is 13.5 Å². The van der Waals surface area contributed by atoms with E-state index in [1.807, 2.05) is 6.07 Å². The van der Waals surface area contributed by atoms with Crippen molar-refractivity contribution in [3.63, 3.8) is 0 Å². The van der Waals surface area contributed by atoms with Crippen molar-refractivity contribution < 1.29 is 9.47 Å². The molecule has 0 aliphatic carbocycles. The monoisotopic (exact) mass is 180 g/mol. The van der Waals surface area contributed by atoms with Gasteiger partial charge >= 0.3 is 0 Å². The topological polar surface area (TPSA) is 18.5 Å². The van der Waals surface area contributed by atoms with E-state index in [9.17, 15) is 0 Å². The Bertz CT molecular complexity index is 246. The second-order valence-corrected chi connectivity index (χ2v) is 3.03. The third-order valence-electron chi connectivity index (χ3n) is 1.78. The van der Waals surface area contributed by atoms with Crippen LogP contribution in [0.25, 0.3) is 0 Å². The lowest BCUT2D eigenvalue weighted by Crippen LogP contribution is -2.01. The molecule has 0 atom stereocenters. The van der Waals surface area contributed by atoms with Gasteiger partial charge in [-0.15, -0.1) is 0 Å². The van der Waals surface area contributed by atoms with E-state index in [2.05, 4.69) is 25.1 Å². The van der Waals surface area contributed by atoms with Gasteiger partial charge in [-0.1, -0.05) is 29.8 Å². The maximum absolute atomic E-state index is 5.39.